The zero-order valence-electron chi connectivity index (χ0n) is 39.2. The summed E-state index contributed by atoms with van der Waals surface area (Å²) in [7, 11) is 0. The summed E-state index contributed by atoms with van der Waals surface area (Å²) in [6.45, 7) is 23.8. The highest BCUT2D eigenvalue weighted by atomic mass is 32.1. The fourth-order valence-electron chi connectivity index (χ4n) is 11.8. The monoisotopic (exact) mass is 879 g/mol. The average Bonchev–Trinajstić information content (AvgIpc) is 3.98. The number of benzene rings is 7. The minimum atomic E-state index is -0.101. The van der Waals surface area contributed by atoms with Gasteiger partial charge in [0.15, 0.2) is 0 Å². The molecular formula is C59H54BN3S2. The van der Waals surface area contributed by atoms with Gasteiger partial charge in [0.1, 0.15) is 5.01 Å². The highest BCUT2D eigenvalue weighted by Crippen LogP contribution is 2.55. The van der Waals surface area contributed by atoms with Gasteiger partial charge in [0, 0.05) is 64.7 Å². The number of rotatable bonds is 2. The van der Waals surface area contributed by atoms with E-state index in [9.17, 15) is 0 Å². The van der Waals surface area contributed by atoms with Gasteiger partial charge in [-0.3, -0.25) is 0 Å². The van der Waals surface area contributed by atoms with Gasteiger partial charge in [0.2, 0.25) is 0 Å². The molecule has 0 atom stereocenters. The second kappa shape index (κ2) is 13.0. The van der Waals surface area contributed by atoms with Crippen LogP contribution in [0.1, 0.15) is 104 Å². The predicted molar refractivity (Wildman–Crippen MR) is 284 cm³/mol. The number of hydrogen-bond donors (Lipinski definition) is 0. The first-order chi connectivity index (χ1) is 31.0. The Hall–Kier alpha value is -5.69. The molecule has 6 heteroatoms. The van der Waals surface area contributed by atoms with Gasteiger partial charge in [0.05, 0.1) is 21.3 Å². The molecule has 13 rings (SSSR count). The topological polar surface area (TPSA) is 21.1 Å². The summed E-state index contributed by atoms with van der Waals surface area (Å²) < 4.78 is 6.68. The fourth-order valence-corrected chi connectivity index (χ4v) is 14.1. The maximum Gasteiger partial charge on any atom is 0.333 e. The van der Waals surface area contributed by atoms with E-state index in [-0.39, 0.29) is 28.5 Å². The molecule has 0 saturated heterocycles. The van der Waals surface area contributed by atoms with E-state index >= 15 is 0 Å². The largest absolute Gasteiger partial charge is 0.376 e. The minimum Gasteiger partial charge on any atom is -0.376 e. The van der Waals surface area contributed by atoms with E-state index in [2.05, 4.69) is 200 Å². The van der Waals surface area contributed by atoms with Crippen molar-refractivity contribution in [2.45, 2.75) is 104 Å². The minimum absolute atomic E-state index is 0.0292. The van der Waals surface area contributed by atoms with Gasteiger partial charge in [0.25, 0.3) is 0 Å². The van der Waals surface area contributed by atoms with Crippen molar-refractivity contribution in [3.8, 4) is 27.4 Å². The summed E-state index contributed by atoms with van der Waals surface area (Å²) in [5.41, 5.74) is 19.9. The van der Waals surface area contributed by atoms with Crippen molar-refractivity contribution < 1.29 is 0 Å². The molecule has 0 bridgehead atoms. The molecular weight excluding hydrogens is 826 g/mol. The van der Waals surface area contributed by atoms with E-state index in [1.54, 1.807) is 0 Å². The van der Waals surface area contributed by atoms with Crippen LogP contribution in [0.2, 0.25) is 0 Å². The van der Waals surface area contributed by atoms with E-state index < -0.39 is 0 Å². The first kappa shape index (κ1) is 39.7. The molecule has 3 aliphatic rings. The number of aromatic nitrogens is 2. The van der Waals surface area contributed by atoms with Crippen molar-refractivity contribution in [3.05, 3.63) is 144 Å². The Morgan fingerprint density at radius 1 is 0.615 bits per heavy atom. The summed E-state index contributed by atoms with van der Waals surface area (Å²) in [5.74, 6) is 0. The van der Waals surface area contributed by atoms with Gasteiger partial charge in [-0.2, -0.15) is 0 Å². The molecule has 5 heterocycles. The van der Waals surface area contributed by atoms with Crippen LogP contribution in [0.25, 0.3) is 79.6 Å². The third kappa shape index (κ3) is 5.50. The molecule has 3 nitrogen and oxygen atoms in total. The van der Waals surface area contributed by atoms with Gasteiger partial charge in [-0.1, -0.05) is 136 Å². The Morgan fingerprint density at radius 3 is 2.02 bits per heavy atom. The molecule has 3 aromatic heterocycles. The molecule has 0 spiro atoms. The van der Waals surface area contributed by atoms with Crippen LogP contribution in [0.4, 0.5) is 11.4 Å². The second-order valence-electron chi connectivity index (χ2n) is 22.6. The number of thiophene rings is 1. The quantitative estimate of drug-likeness (QED) is 0.161. The Balaban J connectivity index is 1.26. The van der Waals surface area contributed by atoms with E-state index in [4.69, 9.17) is 4.98 Å². The van der Waals surface area contributed by atoms with Crippen molar-refractivity contribution in [3.63, 3.8) is 0 Å². The molecule has 1 aliphatic carbocycles. The van der Waals surface area contributed by atoms with Gasteiger partial charge >= 0.3 is 6.85 Å². The zero-order valence-corrected chi connectivity index (χ0v) is 40.8. The summed E-state index contributed by atoms with van der Waals surface area (Å²) in [4.78, 5) is 8.14. The number of nitrogens with zero attached hydrogens (tertiary/aromatic N) is 3. The van der Waals surface area contributed by atoms with Gasteiger partial charge in [-0.05, 0) is 122 Å². The molecule has 10 aromatic rings. The number of anilines is 2. The van der Waals surface area contributed by atoms with Crippen LogP contribution < -0.4 is 15.7 Å². The Bertz CT molecular complexity index is 3680. The van der Waals surface area contributed by atoms with Gasteiger partial charge in [-0.15, -0.1) is 22.7 Å². The van der Waals surface area contributed by atoms with Crippen LogP contribution in [-0.4, -0.2) is 16.4 Å². The maximum absolute atomic E-state index is 5.44. The van der Waals surface area contributed by atoms with Crippen LogP contribution in [0, 0.1) is 0 Å². The molecule has 0 N–H and O–H groups in total. The third-order valence-corrected chi connectivity index (χ3v) is 17.8. The van der Waals surface area contributed by atoms with Crippen molar-refractivity contribution in [1.82, 2.24) is 9.55 Å². The fraction of sp³-hybridized carbons (Fsp3) is 0.271. The van der Waals surface area contributed by atoms with E-state index in [0.29, 0.717) is 0 Å². The van der Waals surface area contributed by atoms with Crippen LogP contribution in [0.3, 0.4) is 0 Å². The van der Waals surface area contributed by atoms with Crippen molar-refractivity contribution in [2.24, 2.45) is 0 Å². The summed E-state index contributed by atoms with van der Waals surface area (Å²) in [5, 5.41) is 6.59. The summed E-state index contributed by atoms with van der Waals surface area (Å²) in [6.07, 6.45) is 2.35. The van der Waals surface area contributed by atoms with Crippen LogP contribution >= 0.6 is 22.7 Å². The molecule has 65 heavy (non-hydrogen) atoms. The van der Waals surface area contributed by atoms with Crippen LogP contribution in [-0.2, 0) is 21.7 Å². The number of thiazole rings is 1. The first-order valence-electron chi connectivity index (χ1n) is 23.5. The number of fused-ring (bicyclic) bond motifs is 15. The smallest absolute Gasteiger partial charge is 0.333 e. The van der Waals surface area contributed by atoms with Gasteiger partial charge < -0.3 is 9.38 Å². The molecule has 7 aromatic carbocycles. The SMILES string of the molecule is CC(C)(C)c1ccc(N2B3c4cc5nc(-c6ccccc6)sc5cc4-n4c5cc6c(cc5c5c7c(sc8ccccc87)c(c3c54)-c3cc(C(C)(C)C)ccc32)C(C)(C)CCC6(C)C)cc1. The highest BCUT2D eigenvalue weighted by Gasteiger charge is 2.47. The van der Waals surface area contributed by atoms with E-state index in [1.165, 1.54) is 121 Å². The normalized spacial score (nSPS) is 16.2. The number of hydrogen-bond acceptors (Lipinski definition) is 4. The lowest BCUT2D eigenvalue weighted by Crippen LogP contribution is -2.60. The van der Waals surface area contributed by atoms with Crippen molar-refractivity contribution in [2.75, 3.05) is 4.81 Å². The standard InChI is InChI=1S/C59H54BN3S2/c1-56(2,3)34-20-23-36(24-21-34)63-44-25-22-35(57(4,5)6)28-38(44)51-52-53-49(50-37-18-14-15-19-47(37)64-54(50)51)39-29-40-41(59(9,10)27-26-58(40,7)8)30-45(39)62(53)46-32-48-43(31-42(46)60(52)63)61-55(65-48)33-16-12-11-13-17-33/h11-25,28-32H,26-27H2,1-10H3. The maximum atomic E-state index is 5.44. The van der Waals surface area contributed by atoms with Crippen LogP contribution in [0.15, 0.2) is 121 Å². The molecule has 0 radical (unpaired) electrons. The van der Waals surface area contributed by atoms with Gasteiger partial charge in [-0.25, -0.2) is 4.98 Å². The third-order valence-electron chi connectivity index (χ3n) is 15.6. The Morgan fingerprint density at radius 2 is 1.29 bits per heavy atom. The lowest BCUT2D eigenvalue weighted by molar-refractivity contribution is 0.332. The van der Waals surface area contributed by atoms with Crippen molar-refractivity contribution >= 4 is 104 Å². The molecule has 2 aliphatic heterocycles. The lowest BCUT2D eigenvalue weighted by atomic mass is 9.43. The zero-order chi connectivity index (χ0) is 44.7. The van der Waals surface area contributed by atoms with Crippen molar-refractivity contribution in [1.29, 1.82) is 0 Å². The molecule has 0 saturated carbocycles. The Kier molecular flexibility index (Phi) is 7.94. The second-order valence-corrected chi connectivity index (χ2v) is 24.7. The molecule has 320 valence electrons. The summed E-state index contributed by atoms with van der Waals surface area (Å²) >= 11 is 3.80. The summed E-state index contributed by atoms with van der Waals surface area (Å²) in [6, 6.07) is 47.1. The molecule has 0 unspecified atom stereocenters. The average molecular weight is 880 g/mol. The lowest BCUT2D eigenvalue weighted by Gasteiger charge is -2.43. The van der Waals surface area contributed by atoms with E-state index in [0.717, 1.165) is 16.1 Å². The predicted octanol–water partition coefficient (Wildman–Crippen LogP) is 15.6. The first-order valence-corrected chi connectivity index (χ1v) is 25.2. The van der Waals surface area contributed by atoms with E-state index in [1.807, 2.05) is 22.7 Å². The Labute approximate surface area is 390 Å². The molecule has 0 amide bonds. The molecule has 0 fully saturated rings. The highest BCUT2D eigenvalue weighted by molar-refractivity contribution is 7.27. The van der Waals surface area contributed by atoms with Crippen LogP contribution in [0.5, 0.6) is 0 Å².